The van der Waals surface area contributed by atoms with Crippen molar-refractivity contribution in [1.29, 1.82) is 0 Å². The highest BCUT2D eigenvalue weighted by Gasteiger charge is 2.33. The molecule has 102 valence electrons. The first-order valence-corrected chi connectivity index (χ1v) is 6.55. The van der Waals surface area contributed by atoms with E-state index in [0.29, 0.717) is 12.2 Å². The molecule has 0 radical (unpaired) electrons. The lowest BCUT2D eigenvalue weighted by molar-refractivity contribution is -0.0547. The number of aryl methyl sites for hydroxylation is 1. The quantitative estimate of drug-likeness (QED) is 0.836. The van der Waals surface area contributed by atoms with Gasteiger partial charge in [0.15, 0.2) is 0 Å². The first kappa shape index (κ1) is 15.1. The molecule has 2 atom stereocenters. The summed E-state index contributed by atoms with van der Waals surface area (Å²) in [5, 5.41) is 3.29. The SMILES string of the molecule is CCOC(C)(CC)C(NC)c1ccc(F)c(C)c1. The molecule has 0 aliphatic heterocycles. The maximum absolute atomic E-state index is 13.3. The molecule has 0 amide bonds. The van der Waals surface area contributed by atoms with E-state index in [2.05, 4.69) is 19.2 Å². The van der Waals surface area contributed by atoms with Crippen molar-refractivity contribution in [1.82, 2.24) is 5.32 Å². The maximum atomic E-state index is 13.3. The Morgan fingerprint density at radius 3 is 2.50 bits per heavy atom. The van der Waals surface area contributed by atoms with Gasteiger partial charge in [-0.2, -0.15) is 0 Å². The van der Waals surface area contributed by atoms with Crippen LogP contribution in [0.25, 0.3) is 0 Å². The number of hydrogen-bond acceptors (Lipinski definition) is 2. The Morgan fingerprint density at radius 1 is 1.39 bits per heavy atom. The standard InChI is InChI=1S/C15H24FNO/c1-6-15(4,18-7-2)14(17-5)12-8-9-13(16)11(3)10-12/h8-10,14,17H,6-7H2,1-5H3. The summed E-state index contributed by atoms with van der Waals surface area (Å²) in [4.78, 5) is 0. The van der Waals surface area contributed by atoms with Crippen LogP contribution in [0.3, 0.4) is 0 Å². The molecule has 0 aliphatic rings. The second-order valence-corrected chi connectivity index (χ2v) is 4.83. The molecule has 2 nitrogen and oxygen atoms in total. The van der Waals surface area contributed by atoms with E-state index in [1.807, 2.05) is 26.1 Å². The van der Waals surface area contributed by atoms with Gasteiger partial charge in [-0.1, -0.05) is 19.1 Å². The van der Waals surface area contributed by atoms with E-state index in [9.17, 15) is 4.39 Å². The molecule has 0 aromatic heterocycles. The van der Waals surface area contributed by atoms with Crippen molar-refractivity contribution < 1.29 is 9.13 Å². The Bertz CT molecular complexity index is 394. The summed E-state index contributed by atoms with van der Waals surface area (Å²) in [6.07, 6.45) is 0.892. The Balaban J connectivity index is 3.11. The smallest absolute Gasteiger partial charge is 0.126 e. The summed E-state index contributed by atoms with van der Waals surface area (Å²) < 4.78 is 19.2. The fourth-order valence-corrected chi connectivity index (χ4v) is 2.39. The predicted molar refractivity (Wildman–Crippen MR) is 73.3 cm³/mol. The third-order valence-electron chi connectivity index (χ3n) is 3.59. The van der Waals surface area contributed by atoms with Crippen LogP contribution in [-0.4, -0.2) is 19.3 Å². The minimum absolute atomic E-state index is 0.0572. The first-order chi connectivity index (χ1) is 8.48. The second-order valence-electron chi connectivity index (χ2n) is 4.83. The lowest BCUT2D eigenvalue weighted by Crippen LogP contribution is -2.42. The van der Waals surface area contributed by atoms with Crippen molar-refractivity contribution in [3.63, 3.8) is 0 Å². The van der Waals surface area contributed by atoms with Crippen LogP contribution in [0.4, 0.5) is 4.39 Å². The van der Waals surface area contributed by atoms with E-state index < -0.39 is 0 Å². The van der Waals surface area contributed by atoms with Crippen molar-refractivity contribution in [3.05, 3.63) is 35.1 Å². The summed E-state index contributed by atoms with van der Waals surface area (Å²) in [6.45, 7) is 8.65. The monoisotopic (exact) mass is 253 g/mol. The molecule has 0 aliphatic carbocycles. The minimum Gasteiger partial charge on any atom is -0.374 e. The zero-order valence-electron chi connectivity index (χ0n) is 12.0. The van der Waals surface area contributed by atoms with Crippen molar-refractivity contribution in [3.8, 4) is 0 Å². The van der Waals surface area contributed by atoms with Gasteiger partial charge >= 0.3 is 0 Å². The van der Waals surface area contributed by atoms with E-state index >= 15 is 0 Å². The van der Waals surface area contributed by atoms with E-state index in [0.717, 1.165) is 12.0 Å². The van der Waals surface area contributed by atoms with E-state index in [1.54, 1.807) is 6.92 Å². The van der Waals surface area contributed by atoms with Gasteiger partial charge in [0.1, 0.15) is 5.82 Å². The van der Waals surface area contributed by atoms with Gasteiger partial charge in [-0.05, 0) is 51.4 Å². The zero-order chi connectivity index (χ0) is 13.8. The number of nitrogens with one attached hydrogen (secondary N) is 1. The molecule has 0 heterocycles. The second kappa shape index (κ2) is 6.30. The summed E-state index contributed by atoms with van der Waals surface area (Å²) in [5.74, 6) is -0.164. The molecule has 0 saturated carbocycles. The van der Waals surface area contributed by atoms with Gasteiger partial charge in [0.2, 0.25) is 0 Å². The van der Waals surface area contributed by atoms with Crippen LogP contribution >= 0.6 is 0 Å². The van der Waals surface area contributed by atoms with E-state index in [-0.39, 0.29) is 17.5 Å². The van der Waals surface area contributed by atoms with Gasteiger partial charge in [-0.3, -0.25) is 0 Å². The summed E-state index contributed by atoms with van der Waals surface area (Å²) >= 11 is 0. The molecule has 0 saturated heterocycles. The summed E-state index contributed by atoms with van der Waals surface area (Å²) in [6, 6.07) is 5.30. The van der Waals surface area contributed by atoms with Gasteiger partial charge in [0.05, 0.1) is 11.6 Å². The van der Waals surface area contributed by atoms with Crippen LogP contribution in [0.1, 0.15) is 44.4 Å². The Labute approximate surface area is 110 Å². The average molecular weight is 253 g/mol. The predicted octanol–water partition coefficient (Wildman–Crippen LogP) is 3.60. The molecule has 1 rings (SSSR count). The van der Waals surface area contributed by atoms with Gasteiger partial charge in [0.25, 0.3) is 0 Å². The molecule has 0 fully saturated rings. The number of rotatable bonds is 6. The molecule has 1 N–H and O–H groups in total. The highest BCUT2D eigenvalue weighted by Crippen LogP contribution is 2.32. The van der Waals surface area contributed by atoms with Crippen LogP contribution < -0.4 is 5.32 Å². The normalized spacial score (nSPS) is 16.3. The van der Waals surface area contributed by atoms with Crippen molar-refractivity contribution in [2.45, 2.75) is 45.8 Å². The summed E-state index contributed by atoms with van der Waals surface area (Å²) in [5.41, 5.74) is 1.45. The number of hydrogen-bond donors (Lipinski definition) is 1. The number of likely N-dealkylation sites (N-methyl/N-ethyl adjacent to an activating group) is 1. The lowest BCUT2D eigenvalue weighted by atomic mass is 9.87. The molecule has 3 heteroatoms. The van der Waals surface area contributed by atoms with Crippen LogP contribution in [0, 0.1) is 12.7 Å². The highest BCUT2D eigenvalue weighted by molar-refractivity contribution is 5.28. The highest BCUT2D eigenvalue weighted by atomic mass is 19.1. The summed E-state index contributed by atoms with van der Waals surface area (Å²) in [7, 11) is 1.91. The van der Waals surface area contributed by atoms with Crippen molar-refractivity contribution in [2.24, 2.45) is 0 Å². The maximum Gasteiger partial charge on any atom is 0.126 e. The molecular weight excluding hydrogens is 229 g/mol. The zero-order valence-corrected chi connectivity index (χ0v) is 12.0. The Morgan fingerprint density at radius 2 is 2.06 bits per heavy atom. The van der Waals surface area contributed by atoms with Crippen LogP contribution in [0.15, 0.2) is 18.2 Å². The third kappa shape index (κ3) is 3.09. The Kier molecular flexibility index (Phi) is 5.29. The average Bonchev–Trinajstić information content (AvgIpc) is 2.35. The van der Waals surface area contributed by atoms with Gasteiger partial charge in [0, 0.05) is 6.61 Å². The number of ether oxygens (including phenoxy) is 1. The molecule has 1 aromatic rings. The van der Waals surface area contributed by atoms with Crippen LogP contribution in [-0.2, 0) is 4.74 Å². The van der Waals surface area contributed by atoms with Crippen molar-refractivity contribution >= 4 is 0 Å². The number of halogens is 1. The molecule has 2 unspecified atom stereocenters. The first-order valence-electron chi connectivity index (χ1n) is 6.55. The molecule has 0 spiro atoms. The largest absolute Gasteiger partial charge is 0.374 e. The van der Waals surface area contributed by atoms with Crippen LogP contribution in [0.2, 0.25) is 0 Å². The van der Waals surface area contributed by atoms with E-state index in [1.165, 1.54) is 6.07 Å². The van der Waals surface area contributed by atoms with Gasteiger partial charge < -0.3 is 10.1 Å². The van der Waals surface area contributed by atoms with E-state index in [4.69, 9.17) is 4.74 Å². The molecule has 0 bridgehead atoms. The number of benzene rings is 1. The van der Waals surface area contributed by atoms with Gasteiger partial charge in [-0.25, -0.2) is 4.39 Å². The molecule has 1 aromatic carbocycles. The molecular formula is C15H24FNO. The third-order valence-corrected chi connectivity index (χ3v) is 3.59. The van der Waals surface area contributed by atoms with Crippen molar-refractivity contribution in [2.75, 3.05) is 13.7 Å². The Hall–Kier alpha value is -0.930. The lowest BCUT2D eigenvalue weighted by Gasteiger charge is -2.37. The van der Waals surface area contributed by atoms with Gasteiger partial charge in [-0.15, -0.1) is 0 Å². The fraction of sp³-hybridized carbons (Fsp3) is 0.600. The van der Waals surface area contributed by atoms with Crippen LogP contribution in [0.5, 0.6) is 0 Å². The topological polar surface area (TPSA) is 21.3 Å². The minimum atomic E-state index is -0.284. The molecule has 18 heavy (non-hydrogen) atoms. The fourth-order valence-electron chi connectivity index (χ4n) is 2.39.